The lowest BCUT2D eigenvalue weighted by molar-refractivity contribution is -0.118. The molecule has 0 aliphatic rings. The van der Waals surface area contributed by atoms with Crippen LogP contribution in [0.15, 0.2) is 70.6 Å². The first-order valence-electron chi connectivity index (χ1n) is 10.3. The number of pyridine rings is 2. The highest BCUT2D eigenvalue weighted by molar-refractivity contribution is 5.93. The van der Waals surface area contributed by atoms with Crippen LogP contribution in [0.1, 0.15) is 29.3 Å². The molecule has 3 heterocycles. The van der Waals surface area contributed by atoms with Gasteiger partial charge in [-0.25, -0.2) is 9.78 Å². The molecule has 8 heteroatoms. The monoisotopic (exact) mass is 430 g/mol. The molecule has 0 fully saturated rings. The first-order valence-corrected chi connectivity index (χ1v) is 10.3. The van der Waals surface area contributed by atoms with E-state index < -0.39 is 5.97 Å². The van der Waals surface area contributed by atoms with Gasteiger partial charge in [-0.1, -0.05) is 36.4 Å². The molecule has 0 N–H and O–H groups in total. The maximum Gasteiger partial charge on any atom is 0.341 e. The van der Waals surface area contributed by atoms with Crippen LogP contribution in [0.3, 0.4) is 0 Å². The molecule has 0 aliphatic heterocycles. The number of carbonyl (C=O) groups excluding carboxylic acids is 2. The fraction of sp³-hybridized carbons (Fsp3) is 0.208. The van der Waals surface area contributed by atoms with E-state index in [2.05, 4.69) is 9.98 Å². The molecule has 4 rings (SSSR count). The molecule has 0 bridgehead atoms. The summed E-state index contributed by atoms with van der Waals surface area (Å²) in [7, 11) is 1.63. The summed E-state index contributed by atoms with van der Waals surface area (Å²) in [6, 6.07) is 16.2. The van der Waals surface area contributed by atoms with Crippen LogP contribution in [0.5, 0.6) is 0 Å². The van der Waals surface area contributed by atoms with Gasteiger partial charge in [-0.15, -0.1) is 0 Å². The Kier molecular flexibility index (Phi) is 5.93. The number of hydrogen-bond donors (Lipinski definition) is 0. The predicted octanol–water partition coefficient (Wildman–Crippen LogP) is 2.42. The number of aryl methyl sites for hydroxylation is 2. The van der Waals surface area contributed by atoms with Gasteiger partial charge in [0.15, 0.2) is 5.49 Å². The molecule has 1 amide bonds. The zero-order valence-corrected chi connectivity index (χ0v) is 17.8. The zero-order chi connectivity index (χ0) is 22.7. The summed E-state index contributed by atoms with van der Waals surface area (Å²) in [4.78, 5) is 47.1. The Morgan fingerprint density at radius 1 is 1.09 bits per heavy atom. The van der Waals surface area contributed by atoms with E-state index in [1.165, 1.54) is 15.0 Å². The van der Waals surface area contributed by atoms with E-state index in [-0.39, 0.29) is 40.9 Å². The van der Waals surface area contributed by atoms with E-state index in [1.807, 2.05) is 30.3 Å². The largest absolute Gasteiger partial charge is 0.462 e. The number of carbonyl (C=O) groups is 2. The van der Waals surface area contributed by atoms with Crippen molar-refractivity contribution in [2.75, 3.05) is 6.61 Å². The highest BCUT2D eigenvalue weighted by atomic mass is 16.5. The lowest BCUT2D eigenvalue weighted by atomic mass is 10.1. The number of esters is 1. The second-order valence-electron chi connectivity index (χ2n) is 7.24. The minimum Gasteiger partial charge on any atom is -0.462 e. The van der Waals surface area contributed by atoms with Gasteiger partial charge in [-0.05, 0) is 37.1 Å². The molecule has 162 valence electrons. The highest BCUT2D eigenvalue weighted by Crippen LogP contribution is 2.10. The zero-order valence-electron chi connectivity index (χ0n) is 17.8. The van der Waals surface area contributed by atoms with Crippen molar-refractivity contribution in [2.45, 2.75) is 19.8 Å². The second-order valence-corrected chi connectivity index (χ2v) is 7.24. The lowest BCUT2D eigenvalue weighted by Crippen LogP contribution is -2.31. The number of aromatic nitrogens is 3. The van der Waals surface area contributed by atoms with Crippen LogP contribution in [-0.2, 0) is 23.0 Å². The summed E-state index contributed by atoms with van der Waals surface area (Å²) in [5.41, 5.74) is 1.62. The van der Waals surface area contributed by atoms with Crippen molar-refractivity contribution in [3.8, 4) is 0 Å². The van der Waals surface area contributed by atoms with Crippen LogP contribution >= 0.6 is 0 Å². The van der Waals surface area contributed by atoms with E-state index in [9.17, 15) is 14.4 Å². The van der Waals surface area contributed by atoms with E-state index in [4.69, 9.17) is 4.74 Å². The Hall–Kier alpha value is -4.07. The number of benzene rings is 1. The minimum atomic E-state index is -0.655. The Bertz CT molecular complexity index is 1450. The number of hydrogen-bond acceptors (Lipinski definition) is 5. The topological polar surface area (TPSA) is 95.0 Å². The molecule has 32 heavy (non-hydrogen) atoms. The van der Waals surface area contributed by atoms with Gasteiger partial charge in [-0.3, -0.25) is 14.0 Å². The van der Waals surface area contributed by atoms with Crippen LogP contribution in [0.25, 0.3) is 16.7 Å². The summed E-state index contributed by atoms with van der Waals surface area (Å²) in [6.07, 6.45) is 2.32. The van der Waals surface area contributed by atoms with Crippen LogP contribution in [0, 0.1) is 0 Å². The van der Waals surface area contributed by atoms with Gasteiger partial charge < -0.3 is 9.30 Å². The van der Waals surface area contributed by atoms with Gasteiger partial charge >= 0.3 is 5.97 Å². The quantitative estimate of drug-likeness (QED) is 0.358. The summed E-state index contributed by atoms with van der Waals surface area (Å²) in [6.45, 7) is 1.83. The van der Waals surface area contributed by atoms with Gasteiger partial charge in [0.2, 0.25) is 5.91 Å². The molecule has 3 aromatic heterocycles. The Morgan fingerprint density at radius 2 is 1.84 bits per heavy atom. The number of ether oxygens (including phenoxy) is 1. The van der Waals surface area contributed by atoms with E-state index in [1.54, 1.807) is 38.4 Å². The molecule has 0 radical (unpaired) electrons. The summed E-state index contributed by atoms with van der Waals surface area (Å²) < 4.78 is 8.06. The van der Waals surface area contributed by atoms with Gasteiger partial charge in [-0.2, -0.15) is 4.99 Å². The molecule has 0 unspecified atom stereocenters. The Labute approximate surface area is 183 Å². The standard InChI is InChI=1S/C24H22N4O4/c1-3-32-24(31)18-15-17-21(25-19-11-7-8-14-28(19)23(17)30)27(2)22(18)26-20(29)13-12-16-9-5-4-6-10-16/h4-11,14-15H,3,12-13H2,1-2H3. The fourth-order valence-corrected chi connectivity index (χ4v) is 3.53. The molecule has 8 nitrogen and oxygen atoms in total. The van der Waals surface area contributed by atoms with Gasteiger partial charge in [0.1, 0.15) is 16.9 Å². The van der Waals surface area contributed by atoms with Crippen molar-refractivity contribution >= 4 is 28.6 Å². The maximum absolute atomic E-state index is 13.0. The Morgan fingerprint density at radius 3 is 2.59 bits per heavy atom. The van der Waals surface area contributed by atoms with Crippen LogP contribution in [0.2, 0.25) is 0 Å². The SMILES string of the molecule is CCOC(=O)c1cc2c(=O)n3ccccc3nc2n(C)c1=NC(=O)CCc1ccccc1. The third kappa shape index (κ3) is 4.07. The van der Waals surface area contributed by atoms with E-state index in [0.717, 1.165) is 5.56 Å². The minimum absolute atomic E-state index is 0.0460. The number of rotatable bonds is 5. The molecule has 0 saturated carbocycles. The van der Waals surface area contributed by atoms with Crippen LogP contribution in [0.4, 0.5) is 0 Å². The average Bonchev–Trinajstić information content (AvgIpc) is 2.81. The smallest absolute Gasteiger partial charge is 0.341 e. The predicted molar refractivity (Wildman–Crippen MR) is 119 cm³/mol. The Balaban J connectivity index is 1.88. The third-order valence-electron chi connectivity index (χ3n) is 5.11. The van der Waals surface area contributed by atoms with Crippen molar-refractivity contribution in [2.24, 2.45) is 12.0 Å². The van der Waals surface area contributed by atoms with Gasteiger partial charge in [0.05, 0.1) is 12.0 Å². The lowest BCUT2D eigenvalue weighted by Gasteiger charge is -2.11. The molecule has 0 saturated heterocycles. The van der Waals surface area contributed by atoms with Crippen LogP contribution < -0.4 is 11.0 Å². The number of amides is 1. The average molecular weight is 430 g/mol. The number of fused-ring (bicyclic) bond motifs is 2. The second kappa shape index (κ2) is 8.97. The van der Waals surface area contributed by atoms with E-state index in [0.29, 0.717) is 17.7 Å². The maximum atomic E-state index is 13.0. The highest BCUT2D eigenvalue weighted by Gasteiger charge is 2.18. The van der Waals surface area contributed by atoms with Crippen molar-refractivity contribution in [3.05, 3.63) is 87.8 Å². The number of nitrogens with zero attached hydrogens (tertiary/aromatic N) is 4. The van der Waals surface area contributed by atoms with Crippen LogP contribution in [-0.4, -0.2) is 32.4 Å². The molecule has 0 aliphatic carbocycles. The molecular formula is C24H22N4O4. The first kappa shape index (κ1) is 21.2. The summed E-state index contributed by atoms with van der Waals surface area (Å²) in [5.74, 6) is -1.04. The molecule has 0 spiro atoms. The van der Waals surface area contributed by atoms with Crippen molar-refractivity contribution < 1.29 is 14.3 Å². The van der Waals surface area contributed by atoms with E-state index >= 15 is 0 Å². The molecule has 0 atom stereocenters. The van der Waals surface area contributed by atoms with Gasteiger partial charge in [0.25, 0.3) is 5.56 Å². The summed E-state index contributed by atoms with van der Waals surface area (Å²) >= 11 is 0. The molecule has 1 aromatic carbocycles. The fourth-order valence-electron chi connectivity index (χ4n) is 3.53. The van der Waals surface area contributed by atoms with Crippen molar-refractivity contribution in [1.29, 1.82) is 0 Å². The molecule has 4 aromatic rings. The molecular weight excluding hydrogens is 408 g/mol. The summed E-state index contributed by atoms with van der Waals surface area (Å²) in [5, 5.41) is 0.231. The van der Waals surface area contributed by atoms with Crippen molar-refractivity contribution in [1.82, 2.24) is 14.0 Å². The van der Waals surface area contributed by atoms with Gasteiger partial charge in [0, 0.05) is 19.7 Å². The van der Waals surface area contributed by atoms with Crippen molar-refractivity contribution in [3.63, 3.8) is 0 Å². The normalized spacial score (nSPS) is 11.8. The first-order chi connectivity index (χ1) is 15.5. The third-order valence-corrected chi connectivity index (χ3v) is 5.11.